The molecule has 0 bridgehead atoms. The van der Waals surface area contributed by atoms with Crippen molar-refractivity contribution in [3.63, 3.8) is 0 Å². The second-order valence-corrected chi connectivity index (χ2v) is 4.89. The number of fused-ring (bicyclic) bond motifs is 1. The lowest BCUT2D eigenvalue weighted by atomic mass is 10.2. The third kappa shape index (κ3) is 2.32. The third-order valence-electron chi connectivity index (χ3n) is 2.79. The second-order valence-electron chi connectivity index (χ2n) is 4.13. The van der Waals surface area contributed by atoms with E-state index in [1.54, 1.807) is 6.07 Å². The van der Waals surface area contributed by atoms with Crippen molar-refractivity contribution in [2.24, 2.45) is 0 Å². The average Bonchev–Trinajstić information content (AvgIpc) is 2.42. The van der Waals surface area contributed by atoms with Crippen LogP contribution in [0, 0.1) is 11.6 Å². The Morgan fingerprint density at radius 3 is 2.45 bits per heavy atom. The molecule has 0 amide bonds. The highest BCUT2D eigenvalue weighted by Crippen LogP contribution is 2.27. The van der Waals surface area contributed by atoms with E-state index in [4.69, 9.17) is 23.2 Å². The largest absolute Gasteiger partial charge is 0.228 e. The Bertz CT molecular complexity index is 822. The summed E-state index contributed by atoms with van der Waals surface area (Å²) in [6.45, 7) is 0. The van der Waals surface area contributed by atoms with Crippen molar-refractivity contribution in [1.82, 2.24) is 9.97 Å². The fourth-order valence-electron chi connectivity index (χ4n) is 1.83. The summed E-state index contributed by atoms with van der Waals surface area (Å²) >= 11 is 11.6. The van der Waals surface area contributed by atoms with Crippen molar-refractivity contribution in [2.75, 3.05) is 0 Å². The van der Waals surface area contributed by atoms with E-state index in [1.807, 2.05) is 0 Å². The van der Waals surface area contributed by atoms with Crippen LogP contribution in [0.25, 0.3) is 22.3 Å². The van der Waals surface area contributed by atoms with Gasteiger partial charge in [0, 0.05) is 10.9 Å². The zero-order valence-corrected chi connectivity index (χ0v) is 11.4. The lowest BCUT2D eigenvalue weighted by Gasteiger charge is -2.05. The zero-order chi connectivity index (χ0) is 14.3. The number of hydrogen-bond acceptors (Lipinski definition) is 2. The molecule has 20 heavy (non-hydrogen) atoms. The molecule has 2 aromatic carbocycles. The molecule has 3 rings (SSSR count). The average molecular weight is 311 g/mol. The first kappa shape index (κ1) is 13.2. The van der Waals surface area contributed by atoms with Crippen LogP contribution < -0.4 is 0 Å². The van der Waals surface area contributed by atoms with E-state index in [-0.39, 0.29) is 16.0 Å². The van der Waals surface area contributed by atoms with Gasteiger partial charge in [-0.05, 0) is 36.4 Å². The standard InChI is InChI=1S/C14H6Cl2F2N2/c15-10-3-1-7(5-11(10)18)14-19-12-4-2-8(17)6-9(12)13(16)20-14/h1-6H. The summed E-state index contributed by atoms with van der Waals surface area (Å²) in [7, 11) is 0. The SMILES string of the molecule is Fc1ccc2nc(-c3ccc(Cl)c(F)c3)nc(Cl)c2c1. The number of halogens is 4. The maximum atomic E-state index is 13.5. The van der Waals surface area contributed by atoms with Gasteiger partial charge in [0.2, 0.25) is 0 Å². The van der Waals surface area contributed by atoms with Crippen LogP contribution in [-0.2, 0) is 0 Å². The first-order valence-electron chi connectivity index (χ1n) is 5.63. The van der Waals surface area contributed by atoms with Crippen LogP contribution in [0.4, 0.5) is 8.78 Å². The van der Waals surface area contributed by atoms with Crippen LogP contribution in [0.5, 0.6) is 0 Å². The first-order valence-corrected chi connectivity index (χ1v) is 6.38. The molecule has 0 N–H and O–H groups in total. The predicted molar refractivity (Wildman–Crippen MR) is 74.9 cm³/mol. The number of rotatable bonds is 1. The van der Waals surface area contributed by atoms with Gasteiger partial charge >= 0.3 is 0 Å². The normalized spacial score (nSPS) is 11.0. The first-order chi connectivity index (χ1) is 9.54. The van der Waals surface area contributed by atoms with Gasteiger partial charge in [0.25, 0.3) is 0 Å². The van der Waals surface area contributed by atoms with Gasteiger partial charge in [-0.3, -0.25) is 0 Å². The highest BCUT2D eigenvalue weighted by atomic mass is 35.5. The van der Waals surface area contributed by atoms with Crippen LogP contribution in [-0.4, -0.2) is 9.97 Å². The van der Waals surface area contributed by atoms with Crippen LogP contribution >= 0.6 is 23.2 Å². The van der Waals surface area contributed by atoms with E-state index in [0.29, 0.717) is 16.5 Å². The molecule has 0 unspecified atom stereocenters. The Morgan fingerprint density at radius 1 is 0.900 bits per heavy atom. The Balaban J connectivity index is 2.21. The van der Waals surface area contributed by atoms with Crippen molar-refractivity contribution < 1.29 is 8.78 Å². The number of hydrogen-bond donors (Lipinski definition) is 0. The van der Waals surface area contributed by atoms with Gasteiger partial charge in [-0.25, -0.2) is 18.7 Å². The summed E-state index contributed by atoms with van der Waals surface area (Å²) in [5.74, 6) is -0.735. The Hall–Kier alpha value is -1.78. The van der Waals surface area contributed by atoms with Crippen LogP contribution in [0.2, 0.25) is 10.2 Å². The van der Waals surface area contributed by atoms with Crippen molar-refractivity contribution in [3.05, 3.63) is 58.2 Å². The van der Waals surface area contributed by atoms with Gasteiger partial charge < -0.3 is 0 Å². The van der Waals surface area contributed by atoms with E-state index in [9.17, 15) is 8.78 Å². The van der Waals surface area contributed by atoms with E-state index in [1.165, 1.54) is 30.3 Å². The molecule has 1 heterocycles. The van der Waals surface area contributed by atoms with Gasteiger partial charge in [0.1, 0.15) is 16.8 Å². The van der Waals surface area contributed by atoms with Gasteiger partial charge in [0.05, 0.1) is 10.5 Å². The van der Waals surface area contributed by atoms with Gasteiger partial charge in [-0.1, -0.05) is 23.2 Å². The highest BCUT2D eigenvalue weighted by molar-refractivity contribution is 6.34. The molecular weight excluding hydrogens is 305 g/mol. The Morgan fingerprint density at radius 2 is 1.70 bits per heavy atom. The molecule has 0 saturated heterocycles. The molecule has 0 aliphatic rings. The zero-order valence-electron chi connectivity index (χ0n) is 9.87. The van der Waals surface area contributed by atoms with Crippen molar-refractivity contribution in [3.8, 4) is 11.4 Å². The predicted octanol–water partition coefficient (Wildman–Crippen LogP) is 4.88. The van der Waals surface area contributed by atoms with E-state index < -0.39 is 11.6 Å². The maximum absolute atomic E-state index is 13.5. The third-order valence-corrected chi connectivity index (χ3v) is 3.38. The molecule has 0 saturated carbocycles. The van der Waals surface area contributed by atoms with Crippen LogP contribution in [0.1, 0.15) is 0 Å². The van der Waals surface area contributed by atoms with E-state index in [2.05, 4.69) is 9.97 Å². The van der Waals surface area contributed by atoms with Crippen molar-refractivity contribution in [2.45, 2.75) is 0 Å². The Kier molecular flexibility index (Phi) is 3.28. The minimum atomic E-state index is -0.567. The smallest absolute Gasteiger partial charge is 0.161 e. The summed E-state index contributed by atoms with van der Waals surface area (Å²) in [6, 6.07) is 8.25. The van der Waals surface area contributed by atoms with E-state index >= 15 is 0 Å². The summed E-state index contributed by atoms with van der Waals surface area (Å²) in [6.07, 6.45) is 0. The fraction of sp³-hybridized carbons (Fsp3) is 0. The lowest BCUT2D eigenvalue weighted by Crippen LogP contribution is -1.93. The second kappa shape index (κ2) is 4.96. The minimum absolute atomic E-state index is 0.0164. The topological polar surface area (TPSA) is 25.8 Å². The summed E-state index contributed by atoms with van der Waals surface area (Å²) < 4.78 is 26.6. The monoisotopic (exact) mass is 310 g/mol. The summed E-state index contributed by atoms with van der Waals surface area (Å²) in [5.41, 5.74) is 0.928. The molecule has 6 heteroatoms. The molecule has 0 spiro atoms. The molecular formula is C14H6Cl2F2N2. The molecule has 100 valence electrons. The molecule has 0 aliphatic carbocycles. The van der Waals surface area contributed by atoms with Crippen molar-refractivity contribution in [1.29, 1.82) is 0 Å². The number of benzene rings is 2. The van der Waals surface area contributed by atoms with Gasteiger partial charge in [-0.2, -0.15) is 0 Å². The van der Waals surface area contributed by atoms with Crippen LogP contribution in [0.3, 0.4) is 0 Å². The molecule has 3 aromatic rings. The quantitative estimate of drug-likeness (QED) is 0.598. The molecule has 2 nitrogen and oxygen atoms in total. The molecule has 0 atom stereocenters. The maximum Gasteiger partial charge on any atom is 0.161 e. The minimum Gasteiger partial charge on any atom is -0.228 e. The fourth-order valence-corrected chi connectivity index (χ4v) is 2.18. The Labute approximate surface area is 123 Å². The lowest BCUT2D eigenvalue weighted by molar-refractivity contribution is 0.628. The summed E-state index contributed by atoms with van der Waals surface area (Å²) in [5, 5.41) is 0.535. The van der Waals surface area contributed by atoms with Crippen molar-refractivity contribution >= 4 is 34.1 Å². The summed E-state index contributed by atoms with van der Waals surface area (Å²) in [4.78, 5) is 8.31. The highest BCUT2D eigenvalue weighted by Gasteiger charge is 2.10. The van der Waals surface area contributed by atoms with Gasteiger partial charge in [0.15, 0.2) is 5.82 Å². The molecule has 0 fully saturated rings. The number of aromatic nitrogens is 2. The number of nitrogens with zero attached hydrogens (tertiary/aromatic N) is 2. The molecule has 0 radical (unpaired) electrons. The molecule has 1 aromatic heterocycles. The van der Waals surface area contributed by atoms with Gasteiger partial charge in [-0.15, -0.1) is 0 Å². The van der Waals surface area contributed by atoms with Crippen LogP contribution in [0.15, 0.2) is 36.4 Å². The molecule has 0 aliphatic heterocycles. The van der Waals surface area contributed by atoms with E-state index in [0.717, 1.165) is 0 Å².